The van der Waals surface area contributed by atoms with Gasteiger partial charge in [0.25, 0.3) is 0 Å². The summed E-state index contributed by atoms with van der Waals surface area (Å²) in [6.07, 6.45) is 3.37. The predicted octanol–water partition coefficient (Wildman–Crippen LogP) is 2.54. The molecule has 0 bridgehead atoms. The topological polar surface area (TPSA) is 34.1 Å². The molecule has 0 amide bonds. The van der Waals surface area contributed by atoms with Crippen LogP contribution in [0.25, 0.3) is 0 Å². The van der Waals surface area contributed by atoms with E-state index < -0.39 is 4.30 Å². The Morgan fingerprint density at radius 1 is 1.00 bits per heavy atom. The fourth-order valence-corrected chi connectivity index (χ4v) is 0.285. The summed E-state index contributed by atoms with van der Waals surface area (Å²) in [5.41, 5.74) is 0. The maximum atomic E-state index is 9.56. The highest BCUT2D eigenvalue weighted by Gasteiger charge is 1.80. The number of alkyl halides is 3. The molecular weight excluding hydrogens is 210 g/mol. The van der Waals surface area contributed by atoms with Crippen LogP contribution in [-0.4, -0.2) is 16.9 Å². The van der Waals surface area contributed by atoms with Gasteiger partial charge in [-0.25, -0.2) is 0 Å². The molecule has 0 atom stereocenters. The SMILES string of the molecule is ClC(Cl)Cl.O=CCCCC=O. The van der Waals surface area contributed by atoms with Gasteiger partial charge in [-0.2, -0.15) is 0 Å². The normalized spacial score (nSPS) is 8.36. The van der Waals surface area contributed by atoms with Crippen LogP contribution in [0.4, 0.5) is 0 Å². The fourth-order valence-electron chi connectivity index (χ4n) is 0.285. The molecule has 0 saturated heterocycles. The monoisotopic (exact) mass is 218 g/mol. The highest BCUT2D eigenvalue weighted by Crippen LogP contribution is 2.03. The van der Waals surface area contributed by atoms with Gasteiger partial charge in [-0.3, -0.25) is 0 Å². The summed E-state index contributed by atoms with van der Waals surface area (Å²) in [6, 6.07) is 0. The van der Waals surface area contributed by atoms with Gasteiger partial charge < -0.3 is 9.59 Å². The molecule has 0 spiro atoms. The van der Waals surface area contributed by atoms with Crippen molar-refractivity contribution in [2.45, 2.75) is 23.6 Å². The first-order chi connectivity index (χ1) is 5.15. The first-order valence-corrected chi connectivity index (χ1v) is 4.25. The number of rotatable bonds is 4. The Morgan fingerprint density at radius 3 is 1.45 bits per heavy atom. The molecule has 0 fully saturated rings. The second-order valence-corrected chi connectivity index (χ2v) is 3.49. The van der Waals surface area contributed by atoms with E-state index in [1.807, 2.05) is 0 Å². The van der Waals surface area contributed by atoms with Crippen LogP contribution < -0.4 is 0 Å². The number of hydrogen-bond donors (Lipinski definition) is 0. The van der Waals surface area contributed by atoms with Gasteiger partial charge in [0.2, 0.25) is 0 Å². The van der Waals surface area contributed by atoms with E-state index in [4.69, 9.17) is 34.8 Å². The van der Waals surface area contributed by atoms with E-state index in [-0.39, 0.29) is 0 Å². The third-order valence-electron chi connectivity index (χ3n) is 0.644. The zero-order chi connectivity index (χ0) is 9.11. The number of carbonyl (C=O) groups excluding carboxylic acids is 2. The summed E-state index contributed by atoms with van der Waals surface area (Å²) >= 11 is 14.4. The molecule has 0 unspecified atom stereocenters. The number of carbonyl (C=O) groups is 2. The molecule has 0 heterocycles. The van der Waals surface area contributed by atoms with Crippen LogP contribution in [0.1, 0.15) is 19.3 Å². The van der Waals surface area contributed by atoms with Crippen LogP contribution in [0, 0.1) is 0 Å². The molecule has 0 aromatic heterocycles. The van der Waals surface area contributed by atoms with Gasteiger partial charge in [-0.15, -0.1) is 0 Å². The summed E-state index contributed by atoms with van der Waals surface area (Å²) < 4.78 is -0.750. The summed E-state index contributed by atoms with van der Waals surface area (Å²) in [7, 11) is 0. The van der Waals surface area contributed by atoms with Crippen LogP contribution in [-0.2, 0) is 9.59 Å². The lowest BCUT2D eigenvalue weighted by atomic mass is 10.3. The Labute approximate surface area is 80.8 Å². The lowest BCUT2D eigenvalue weighted by molar-refractivity contribution is -0.108. The van der Waals surface area contributed by atoms with Crippen LogP contribution in [0.15, 0.2) is 0 Å². The van der Waals surface area contributed by atoms with Crippen molar-refractivity contribution in [2.24, 2.45) is 0 Å². The smallest absolute Gasteiger partial charge is 0.180 e. The van der Waals surface area contributed by atoms with Gasteiger partial charge >= 0.3 is 0 Å². The number of unbranched alkanes of at least 4 members (excludes halogenated alkanes) is 2. The minimum atomic E-state index is -0.750. The molecule has 0 rings (SSSR count). The minimum absolute atomic E-state index is 0.513. The van der Waals surface area contributed by atoms with E-state index >= 15 is 0 Å². The van der Waals surface area contributed by atoms with E-state index in [0.29, 0.717) is 19.3 Å². The lowest BCUT2D eigenvalue weighted by Crippen LogP contribution is -1.76. The molecule has 0 aliphatic heterocycles. The van der Waals surface area contributed by atoms with Gasteiger partial charge in [0, 0.05) is 12.8 Å². The lowest BCUT2D eigenvalue weighted by Gasteiger charge is -1.78. The third kappa shape index (κ3) is 38.8. The standard InChI is InChI=1S/C5H8O2.CHCl3/c6-4-2-1-3-5-7;2-1(3)4/h4-5H,1-3H2;1H. The zero-order valence-electron chi connectivity index (χ0n) is 5.80. The van der Waals surface area contributed by atoms with Crippen molar-refractivity contribution in [2.75, 3.05) is 0 Å². The van der Waals surface area contributed by atoms with Crippen LogP contribution in [0.5, 0.6) is 0 Å². The number of aldehydes is 2. The Kier molecular flexibility index (Phi) is 16.1. The Hall–Kier alpha value is 0.210. The highest BCUT2D eigenvalue weighted by molar-refractivity contribution is 6.63. The average Bonchev–Trinajstić information content (AvgIpc) is 1.88. The molecule has 0 saturated carbocycles. The van der Waals surface area contributed by atoms with Gasteiger partial charge in [0.1, 0.15) is 12.6 Å². The van der Waals surface area contributed by atoms with E-state index in [9.17, 15) is 9.59 Å². The molecule has 0 radical (unpaired) electrons. The molecule has 66 valence electrons. The molecule has 0 aliphatic rings. The Morgan fingerprint density at radius 2 is 1.27 bits per heavy atom. The number of halogens is 3. The molecule has 5 heteroatoms. The maximum Gasteiger partial charge on any atom is 0.180 e. The Balaban J connectivity index is 0. The van der Waals surface area contributed by atoms with Crippen molar-refractivity contribution >= 4 is 47.4 Å². The van der Waals surface area contributed by atoms with E-state index in [1.165, 1.54) is 0 Å². The van der Waals surface area contributed by atoms with Crippen molar-refractivity contribution in [3.05, 3.63) is 0 Å². The summed E-state index contributed by atoms with van der Waals surface area (Å²) in [4.78, 5) is 19.1. The third-order valence-corrected chi connectivity index (χ3v) is 0.644. The summed E-state index contributed by atoms with van der Waals surface area (Å²) in [5, 5.41) is 0. The first-order valence-electron chi connectivity index (χ1n) is 2.94. The maximum absolute atomic E-state index is 9.56. The minimum Gasteiger partial charge on any atom is -0.303 e. The van der Waals surface area contributed by atoms with Gasteiger partial charge in [0.05, 0.1) is 0 Å². The van der Waals surface area contributed by atoms with Crippen LogP contribution in [0.3, 0.4) is 0 Å². The number of hydrogen-bond acceptors (Lipinski definition) is 2. The Bertz CT molecular complexity index is 85.1. The van der Waals surface area contributed by atoms with Gasteiger partial charge in [0.15, 0.2) is 4.30 Å². The average molecular weight is 219 g/mol. The van der Waals surface area contributed by atoms with Gasteiger partial charge in [-0.1, -0.05) is 34.8 Å². The van der Waals surface area contributed by atoms with Crippen molar-refractivity contribution < 1.29 is 9.59 Å². The van der Waals surface area contributed by atoms with Crippen molar-refractivity contribution in [3.63, 3.8) is 0 Å². The highest BCUT2D eigenvalue weighted by atomic mass is 35.6. The van der Waals surface area contributed by atoms with Crippen molar-refractivity contribution in [3.8, 4) is 0 Å². The first kappa shape index (κ1) is 13.8. The van der Waals surface area contributed by atoms with Gasteiger partial charge in [-0.05, 0) is 6.42 Å². The van der Waals surface area contributed by atoms with Crippen LogP contribution >= 0.6 is 34.8 Å². The predicted molar refractivity (Wildman–Crippen MR) is 47.3 cm³/mol. The second-order valence-electron chi connectivity index (χ2n) is 1.51. The van der Waals surface area contributed by atoms with Crippen molar-refractivity contribution in [1.29, 1.82) is 0 Å². The molecule has 11 heavy (non-hydrogen) atoms. The second kappa shape index (κ2) is 12.8. The zero-order valence-corrected chi connectivity index (χ0v) is 8.07. The van der Waals surface area contributed by atoms with E-state index in [1.54, 1.807) is 0 Å². The molecule has 2 nitrogen and oxygen atoms in total. The molecule has 0 aromatic carbocycles. The van der Waals surface area contributed by atoms with E-state index in [0.717, 1.165) is 12.6 Å². The van der Waals surface area contributed by atoms with Crippen LogP contribution in [0.2, 0.25) is 0 Å². The molecular formula is C6H9Cl3O2. The van der Waals surface area contributed by atoms with E-state index in [2.05, 4.69) is 0 Å². The molecule has 0 N–H and O–H groups in total. The largest absolute Gasteiger partial charge is 0.303 e. The summed E-state index contributed by atoms with van der Waals surface area (Å²) in [5.74, 6) is 0. The molecule has 0 aliphatic carbocycles. The quantitative estimate of drug-likeness (QED) is 0.414. The van der Waals surface area contributed by atoms with Crippen molar-refractivity contribution in [1.82, 2.24) is 0 Å². The fraction of sp³-hybridized carbons (Fsp3) is 0.667. The summed E-state index contributed by atoms with van der Waals surface area (Å²) in [6.45, 7) is 0. The molecule has 0 aromatic rings.